The van der Waals surface area contributed by atoms with Crippen molar-refractivity contribution < 1.29 is 9.53 Å². The van der Waals surface area contributed by atoms with Crippen molar-refractivity contribution in [2.45, 2.75) is 6.92 Å². The van der Waals surface area contributed by atoms with Crippen molar-refractivity contribution in [3.05, 3.63) is 47.7 Å². The van der Waals surface area contributed by atoms with Crippen LogP contribution in [0.3, 0.4) is 0 Å². The van der Waals surface area contributed by atoms with E-state index < -0.39 is 0 Å². The van der Waals surface area contributed by atoms with Gasteiger partial charge in [-0.15, -0.1) is 0 Å². The molecule has 4 heteroatoms. The Morgan fingerprint density at radius 3 is 2.95 bits per heavy atom. The first kappa shape index (κ1) is 11.7. The molecule has 96 valence electrons. The van der Waals surface area contributed by atoms with Crippen molar-refractivity contribution in [1.29, 1.82) is 0 Å². The Balaban J connectivity index is 2.07. The van der Waals surface area contributed by atoms with Crippen molar-refractivity contribution in [3.8, 4) is 5.75 Å². The Bertz CT molecular complexity index is 608. The van der Waals surface area contributed by atoms with E-state index in [4.69, 9.17) is 4.74 Å². The number of para-hydroxylation sites is 1. The second-order valence-electron chi connectivity index (χ2n) is 4.51. The van der Waals surface area contributed by atoms with E-state index in [1.165, 1.54) is 0 Å². The third-order valence-electron chi connectivity index (χ3n) is 3.18. The average Bonchev–Trinajstić information content (AvgIpc) is 2.47. The highest BCUT2D eigenvalue weighted by molar-refractivity contribution is 5.85. The lowest BCUT2D eigenvalue weighted by atomic mass is 10.1. The van der Waals surface area contributed by atoms with Gasteiger partial charge in [0.15, 0.2) is 12.0 Å². The number of fused-ring (bicyclic) bond motifs is 1. The summed E-state index contributed by atoms with van der Waals surface area (Å²) in [6, 6.07) is 9.58. The molecule has 0 fully saturated rings. The van der Waals surface area contributed by atoms with E-state index in [2.05, 4.69) is 9.88 Å². The van der Waals surface area contributed by atoms with Crippen molar-refractivity contribution in [2.75, 3.05) is 18.1 Å². The molecule has 0 amide bonds. The molecule has 2 aromatic rings. The number of pyridine rings is 1. The van der Waals surface area contributed by atoms with E-state index in [0.29, 0.717) is 17.9 Å². The van der Waals surface area contributed by atoms with Gasteiger partial charge < -0.3 is 9.64 Å². The molecule has 1 aliphatic rings. The molecule has 4 nitrogen and oxygen atoms in total. The van der Waals surface area contributed by atoms with Gasteiger partial charge in [0.25, 0.3) is 0 Å². The zero-order chi connectivity index (χ0) is 13.2. The van der Waals surface area contributed by atoms with Crippen LogP contribution in [-0.2, 0) is 0 Å². The molecule has 1 aromatic heterocycles. The normalized spacial score (nSPS) is 13.6. The zero-order valence-corrected chi connectivity index (χ0v) is 10.7. The first-order chi connectivity index (χ1) is 9.29. The number of hydrogen-bond donors (Lipinski definition) is 0. The maximum absolute atomic E-state index is 11.1. The molecule has 0 spiro atoms. The summed E-state index contributed by atoms with van der Waals surface area (Å²) in [6.07, 6.45) is 2.67. The van der Waals surface area contributed by atoms with Crippen LogP contribution in [0, 0.1) is 6.92 Å². The lowest BCUT2D eigenvalue weighted by molar-refractivity contribution is 0.111. The quantitative estimate of drug-likeness (QED) is 0.773. The number of benzene rings is 1. The third kappa shape index (κ3) is 2.05. The molecule has 3 rings (SSSR count). The van der Waals surface area contributed by atoms with Crippen LogP contribution in [0.1, 0.15) is 15.9 Å². The number of aryl methyl sites for hydroxylation is 1. The summed E-state index contributed by atoms with van der Waals surface area (Å²) in [5.41, 5.74) is 2.60. The van der Waals surface area contributed by atoms with Gasteiger partial charge in [-0.2, -0.15) is 0 Å². The molecule has 1 aromatic carbocycles. The monoisotopic (exact) mass is 254 g/mol. The van der Waals surface area contributed by atoms with E-state index in [9.17, 15) is 4.79 Å². The summed E-state index contributed by atoms with van der Waals surface area (Å²) in [5, 5.41) is 0. The van der Waals surface area contributed by atoms with Crippen LogP contribution in [0.2, 0.25) is 0 Å². The average molecular weight is 254 g/mol. The number of nitrogens with zero attached hydrogens (tertiary/aromatic N) is 2. The standard InChI is InChI=1S/C15H14N2O2/c1-11-5-6-14(16-9-11)17-7-8-19-15-12(10-18)3-2-4-13(15)17/h2-6,9-10H,7-8H2,1H3. The Morgan fingerprint density at radius 1 is 1.32 bits per heavy atom. The summed E-state index contributed by atoms with van der Waals surface area (Å²) in [5.74, 6) is 1.52. The van der Waals surface area contributed by atoms with Gasteiger partial charge in [0, 0.05) is 6.20 Å². The van der Waals surface area contributed by atoms with Crippen molar-refractivity contribution in [1.82, 2.24) is 4.98 Å². The van der Waals surface area contributed by atoms with Crippen molar-refractivity contribution >= 4 is 17.8 Å². The number of rotatable bonds is 2. The minimum atomic E-state index is 0.549. The molecule has 0 aliphatic carbocycles. The Labute approximate surface area is 111 Å². The molecule has 0 saturated carbocycles. The summed E-state index contributed by atoms with van der Waals surface area (Å²) in [6.45, 7) is 3.29. The Kier molecular flexibility index (Phi) is 2.91. The number of anilines is 2. The van der Waals surface area contributed by atoms with Gasteiger partial charge in [-0.05, 0) is 30.7 Å². The highest BCUT2D eigenvalue weighted by Crippen LogP contribution is 2.37. The maximum atomic E-state index is 11.1. The van der Waals surface area contributed by atoms with Crippen LogP contribution in [0.5, 0.6) is 5.75 Å². The molecule has 1 aliphatic heterocycles. The fraction of sp³-hybridized carbons (Fsp3) is 0.200. The molecule has 0 N–H and O–H groups in total. The lowest BCUT2D eigenvalue weighted by Crippen LogP contribution is -2.29. The number of aldehydes is 1. The number of ether oxygens (including phenoxy) is 1. The van der Waals surface area contributed by atoms with Gasteiger partial charge in [-0.3, -0.25) is 4.79 Å². The molecule has 2 heterocycles. The van der Waals surface area contributed by atoms with Gasteiger partial charge in [-0.1, -0.05) is 12.1 Å². The fourth-order valence-corrected chi connectivity index (χ4v) is 2.22. The second kappa shape index (κ2) is 4.72. The van der Waals surface area contributed by atoms with Crippen LogP contribution in [-0.4, -0.2) is 24.4 Å². The number of carbonyl (C=O) groups is 1. The lowest BCUT2D eigenvalue weighted by Gasteiger charge is -2.31. The van der Waals surface area contributed by atoms with E-state index in [-0.39, 0.29) is 0 Å². The van der Waals surface area contributed by atoms with Crippen LogP contribution < -0.4 is 9.64 Å². The smallest absolute Gasteiger partial charge is 0.153 e. The predicted molar refractivity (Wildman–Crippen MR) is 73.3 cm³/mol. The second-order valence-corrected chi connectivity index (χ2v) is 4.51. The van der Waals surface area contributed by atoms with Gasteiger partial charge in [0.1, 0.15) is 12.4 Å². The minimum absolute atomic E-state index is 0.549. The maximum Gasteiger partial charge on any atom is 0.153 e. The van der Waals surface area contributed by atoms with Gasteiger partial charge >= 0.3 is 0 Å². The fourth-order valence-electron chi connectivity index (χ4n) is 2.22. The Hall–Kier alpha value is -2.36. The Morgan fingerprint density at radius 2 is 2.21 bits per heavy atom. The van der Waals surface area contributed by atoms with E-state index >= 15 is 0 Å². The first-order valence-corrected chi connectivity index (χ1v) is 6.21. The summed E-state index contributed by atoms with van der Waals surface area (Å²) >= 11 is 0. The zero-order valence-electron chi connectivity index (χ0n) is 10.7. The van der Waals surface area contributed by atoms with Gasteiger partial charge in [0.2, 0.25) is 0 Å². The highest BCUT2D eigenvalue weighted by Gasteiger charge is 2.22. The van der Waals surface area contributed by atoms with Crippen LogP contribution in [0.25, 0.3) is 0 Å². The SMILES string of the molecule is Cc1ccc(N2CCOc3c(C=O)cccc32)nc1. The van der Waals surface area contributed by atoms with E-state index in [1.54, 1.807) is 6.07 Å². The first-order valence-electron chi connectivity index (χ1n) is 6.21. The molecule has 0 unspecified atom stereocenters. The molecule has 0 bridgehead atoms. The summed E-state index contributed by atoms with van der Waals surface area (Å²) in [7, 11) is 0. The van der Waals surface area contributed by atoms with Crippen LogP contribution in [0.15, 0.2) is 36.5 Å². The predicted octanol–water partition coefficient (Wildman–Crippen LogP) is 2.73. The van der Waals surface area contributed by atoms with Gasteiger partial charge in [-0.25, -0.2) is 4.98 Å². The number of carbonyl (C=O) groups excluding carboxylic acids is 1. The van der Waals surface area contributed by atoms with Gasteiger partial charge in [0.05, 0.1) is 17.8 Å². The minimum Gasteiger partial charge on any atom is -0.489 e. The summed E-state index contributed by atoms with van der Waals surface area (Å²) < 4.78 is 5.62. The molecule has 0 radical (unpaired) electrons. The summed E-state index contributed by atoms with van der Waals surface area (Å²) in [4.78, 5) is 17.6. The molecule has 19 heavy (non-hydrogen) atoms. The topological polar surface area (TPSA) is 42.4 Å². The van der Waals surface area contributed by atoms with Crippen molar-refractivity contribution in [2.24, 2.45) is 0 Å². The molecule has 0 saturated heterocycles. The van der Waals surface area contributed by atoms with E-state index in [1.807, 2.05) is 37.4 Å². The largest absolute Gasteiger partial charge is 0.489 e. The number of hydrogen-bond acceptors (Lipinski definition) is 4. The van der Waals surface area contributed by atoms with Crippen LogP contribution >= 0.6 is 0 Å². The van der Waals surface area contributed by atoms with Crippen molar-refractivity contribution in [3.63, 3.8) is 0 Å². The third-order valence-corrected chi connectivity index (χ3v) is 3.18. The molecular weight excluding hydrogens is 240 g/mol. The number of aromatic nitrogens is 1. The molecular formula is C15H14N2O2. The van der Waals surface area contributed by atoms with Crippen LogP contribution in [0.4, 0.5) is 11.5 Å². The van der Waals surface area contributed by atoms with E-state index in [0.717, 1.165) is 29.9 Å². The highest BCUT2D eigenvalue weighted by atomic mass is 16.5. The molecule has 0 atom stereocenters.